The van der Waals surface area contributed by atoms with Crippen molar-refractivity contribution in [2.24, 2.45) is 0 Å². The average Bonchev–Trinajstić information content (AvgIpc) is 2.78. The molecule has 2 atom stereocenters. The van der Waals surface area contributed by atoms with Crippen molar-refractivity contribution >= 4 is 5.78 Å². The number of hydrogen-bond acceptors (Lipinski definition) is 2. The zero-order chi connectivity index (χ0) is 21.1. The van der Waals surface area contributed by atoms with Crippen molar-refractivity contribution in [1.82, 2.24) is 4.90 Å². The summed E-state index contributed by atoms with van der Waals surface area (Å²) in [5, 5.41) is 0. The van der Waals surface area contributed by atoms with Gasteiger partial charge in [0.05, 0.1) is 0 Å². The quantitative estimate of drug-likeness (QED) is 0.511. The topological polar surface area (TPSA) is 80.0 Å². The van der Waals surface area contributed by atoms with E-state index in [9.17, 15) is 4.79 Å². The normalized spacial score (nSPS) is 18.9. The first-order valence-corrected chi connectivity index (χ1v) is 8.76. The van der Waals surface area contributed by atoms with Crippen LogP contribution in [-0.2, 0) is 42.5 Å². The van der Waals surface area contributed by atoms with Gasteiger partial charge in [-0.2, -0.15) is 0 Å². The van der Waals surface area contributed by atoms with E-state index >= 15 is 0 Å². The molecule has 0 bridgehead atoms. The summed E-state index contributed by atoms with van der Waals surface area (Å²) in [7, 11) is 0. The van der Waals surface area contributed by atoms with Crippen LogP contribution in [0.1, 0.15) is 47.2 Å². The van der Waals surface area contributed by atoms with Gasteiger partial charge in [-0.25, -0.2) is 0 Å². The van der Waals surface area contributed by atoms with Crippen LogP contribution in [0, 0.1) is 26.9 Å². The zero-order valence-electron chi connectivity index (χ0n) is 16.1. The molecule has 0 amide bonds. The largest absolute Gasteiger partial charge is 0 e. The van der Waals surface area contributed by atoms with E-state index in [4.69, 9.17) is 14.0 Å². The predicted molar refractivity (Wildman–Crippen MR) is 99.5 cm³/mol. The number of piperidine rings is 1. The molecule has 1 fully saturated rings. The summed E-state index contributed by atoms with van der Waals surface area (Å²) >= 11 is 0. The molecule has 5 nitrogen and oxygen atoms in total. The number of nitrogens with zero attached hydrogens (tertiary/aromatic N) is 1. The maximum absolute atomic E-state index is 12.4. The summed E-state index contributed by atoms with van der Waals surface area (Å²) < 4.78 is 22.5. The van der Waals surface area contributed by atoms with Crippen LogP contribution in [0.3, 0.4) is 0 Å². The van der Waals surface area contributed by atoms with Gasteiger partial charge in [0.2, 0.25) is 0 Å². The van der Waals surface area contributed by atoms with E-state index in [0.29, 0.717) is 18.6 Å². The molecule has 2 aliphatic rings. The van der Waals surface area contributed by atoms with Crippen LogP contribution in [0.5, 0.6) is 0 Å². The molecule has 0 radical (unpaired) electrons. The van der Waals surface area contributed by atoms with E-state index in [2.05, 4.69) is 80.3 Å². The molecule has 6 heteroatoms. The van der Waals surface area contributed by atoms with Crippen LogP contribution in [0.15, 0.2) is 48.5 Å². The molecule has 0 unspecified atom stereocenters. The summed E-state index contributed by atoms with van der Waals surface area (Å²) in [4.78, 5) is 15.0. The van der Waals surface area contributed by atoms with Crippen LogP contribution < -0.4 is 0 Å². The van der Waals surface area contributed by atoms with Gasteiger partial charge >= 0.3 is 33.9 Å². The Labute approximate surface area is 182 Å². The van der Waals surface area contributed by atoms with Crippen LogP contribution in [0.4, 0.5) is 0 Å². The molecule has 29 heavy (non-hydrogen) atoms. The molecule has 0 aromatic heterocycles. The number of carbonyl (C=O) groups excluding carboxylic acids is 1. The molecule has 0 saturated carbocycles. The minimum Gasteiger partial charge on any atom is 0 e. The van der Waals surface area contributed by atoms with Crippen molar-refractivity contribution in [3.8, 4) is 0 Å². The van der Waals surface area contributed by atoms with Crippen molar-refractivity contribution in [3.63, 3.8) is 0 Å². The monoisotopic (exact) mass is 427 g/mol. The number of aryl methyl sites for hydroxylation is 1. The Kier molecular flexibility index (Phi) is 12.9. The first-order valence-electron chi connectivity index (χ1n) is 8.76. The summed E-state index contributed by atoms with van der Waals surface area (Å²) in [6.07, 6.45) is 2.41. The molecular weight excluding hydrogens is 406 g/mol. The maximum atomic E-state index is 12.4. The van der Waals surface area contributed by atoms with Crippen molar-refractivity contribution in [1.29, 1.82) is 0 Å². The number of fused-ring (bicyclic) bond motifs is 3. The first-order chi connectivity index (χ1) is 13.7. The second-order valence-corrected chi connectivity index (χ2v) is 6.52. The molecule has 2 aromatic rings. The van der Waals surface area contributed by atoms with E-state index in [-0.39, 0.29) is 29.4 Å². The molecule has 2 aliphatic heterocycles. The van der Waals surface area contributed by atoms with Crippen molar-refractivity contribution in [2.75, 3.05) is 6.54 Å². The fraction of sp³-hybridized carbons (Fsp3) is 0.304. The second-order valence-electron chi connectivity index (χ2n) is 6.52. The van der Waals surface area contributed by atoms with Crippen LogP contribution in [-0.4, -0.2) is 17.2 Å². The van der Waals surface area contributed by atoms with Crippen LogP contribution >= 0.6 is 0 Å². The van der Waals surface area contributed by atoms with Gasteiger partial charge in [-0.15, -0.1) is 0 Å². The molecule has 0 aliphatic carbocycles. The molecule has 2 aromatic carbocycles. The number of Topliss-reactive ketones (excluding diaryl/α,β-unsaturated/α-hetero) is 1. The molecule has 2 heterocycles. The third kappa shape index (κ3) is 6.15. The summed E-state index contributed by atoms with van der Waals surface area (Å²) in [5.41, 5.74) is 5.39. The Morgan fingerprint density at radius 3 is 1.90 bits per heavy atom. The number of ketones is 1. The molecular formula is C23H21CrNO4. The zero-order valence-corrected chi connectivity index (χ0v) is 17.4. The fourth-order valence-electron chi connectivity index (χ4n) is 4.15. The third-order valence-electron chi connectivity index (χ3n) is 5.24. The Bertz CT molecular complexity index is 845. The average molecular weight is 427 g/mol. The Hall–Kier alpha value is -2.18. The van der Waals surface area contributed by atoms with Gasteiger partial charge in [0.15, 0.2) is 0 Å². The summed E-state index contributed by atoms with van der Waals surface area (Å²) in [5.74, 6) is 0.395. The first kappa shape index (κ1) is 26.8. The molecule has 0 spiro atoms. The minimum atomic E-state index is 0. The smallest absolute Gasteiger partial charge is 0 e. The fourth-order valence-corrected chi connectivity index (χ4v) is 4.15. The predicted octanol–water partition coefficient (Wildman–Crippen LogP) is 3.88. The number of hydrogen-bond donors (Lipinski definition) is 0. The standard InChI is InChI=1S/C20H21NO.3CO.Cr/c1-14-6-2-4-8-17(14)19-12-16(22)13-20-18-9-5-3-7-15(18)10-11-21(19)20;3*1-2;/h2-9,19-20H,10-13H2,1H3;;;;/t19-,20-;;;;/m1..../s1. The van der Waals surface area contributed by atoms with E-state index in [1.54, 1.807) is 0 Å². The maximum Gasteiger partial charge on any atom is 0 e. The number of rotatable bonds is 1. The molecule has 0 N–H and O–H groups in total. The van der Waals surface area contributed by atoms with Gasteiger partial charge in [-0.3, -0.25) is 9.69 Å². The van der Waals surface area contributed by atoms with Gasteiger partial charge in [0.25, 0.3) is 0 Å². The molecule has 1 saturated heterocycles. The van der Waals surface area contributed by atoms with Gasteiger partial charge < -0.3 is 0 Å². The van der Waals surface area contributed by atoms with Crippen molar-refractivity contribution in [2.45, 2.75) is 38.3 Å². The summed E-state index contributed by atoms with van der Waals surface area (Å²) in [6, 6.07) is 17.6. The van der Waals surface area contributed by atoms with Crippen molar-refractivity contribution in [3.05, 3.63) is 90.7 Å². The van der Waals surface area contributed by atoms with E-state index in [1.165, 1.54) is 22.3 Å². The van der Waals surface area contributed by atoms with E-state index in [0.717, 1.165) is 13.0 Å². The van der Waals surface area contributed by atoms with Gasteiger partial charge in [0, 0.05) is 48.8 Å². The van der Waals surface area contributed by atoms with E-state index < -0.39 is 0 Å². The van der Waals surface area contributed by atoms with Gasteiger partial charge in [-0.05, 0) is 35.6 Å². The Morgan fingerprint density at radius 2 is 1.31 bits per heavy atom. The van der Waals surface area contributed by atoms with Gasteiger partial charge in [0.1, 0.15) is 5.78 Å². The number of carbonyl (C=O) groups is 1. The van der Waals surface area contributed by atoms with Crippen LogP contribution in [0.25, 0.3) is 0 Å². The van der Waals surface area contributed by atoms with Crippen LogP contribution in [0.2, 0.25) is 0 Å². The SMILES string of the molecule is Cc1ccccc1[C@H]1CC(=O)C[C@@H]2c3ccccc3CCN12.[C-]#[O+].[C-]#[O+].[C-]#[O+].[Cr]. The second kappa shape index (κ2) is 13.9. The Balaban J connectivity index is 0.00000103. The number of benzene rings is 2. The van der Waals surface area contributed by atoms with Crippen molar-refractivity contribution < 1.29 is 36.1 Å². The van der Waals surface area contributed by atoms with Gasteiger partial charge in [-0.1, -0.05) is 48.5 Å². The summed E-state index contributed by atoms with van der Waals surface area (Å²) in [6.45, 7) is 16.7. The molecule has 148 valence electrons. The minimum absolute atomic E-state index is 0. The Morgan fingerprint density at radius 1 is 0.828 bits per heavy atom. The third-order valence-corrected chi connectivity index (χ3v) is 5.24. The van der Waals surface area contributed by atoms with E-state index in [1.807, 2.05) is 0 Å². The molecule has 4 rings (SSSR count).